The van der Waals surface area contributed by atoms with Gasteiger partial charge in [-0.2, -0.15) is 0 Å². The van der Waals surface area contributed by atoms with E-state index < -0.39 is 0 Å². The number of amides is 1. The summed E-state index contributed by atoms with van der Waals surface area (Å²) in [6.07, 6.45) is 5.30. The molecule has 0 radical (unpaired) electrons. The monoisotopic (exact) mass is 297 g/mol. The number of nitrogens with zero attached hydrogens (tertiary/aromatic N) is 1. The molecule has 1 aromatic carbocycles. The lowest BCUT2D eigenvalue weighted by molar-refractivity contribution is -0.118. The van der Waals surface area contributed by atoms with E-state index in [2.05, 4.69) is 18.4 Å². The lowest BCUT2D eigenvalue weighted by Gasteiger charge is -2.15. The van der Waals surface area contributed by atoms with Gasteiger partial charge >= 0.3 is 0 Å². The number of allylic oxidation sites excluding steroid dienone is 5. The average molecular weight is 297 g/mol. The summed E-state index contributed by atoms with van der Waals surface area (Å²) in [7, 11) is 0. The van der Waals surface area contributed by atoms with E-state index in [9.17, 15) is 9.18 Å². The Morgan fingerprint density at radius 2 is 2.14 bits per heavy atom. The van der Waals surface area contributed by atoms with Crippen molar-refractivity contribution in [1.29, 1.82) is 0 Å². The number of rotatable bonds is 6. The summed E-state index contributed by atoms with van der Waals surface area (Å²) in [6.45, 7) is 7.98. The lowest BCUT2D eigenvalue weighted by atomic mass is 10.1. The van der Waals surface area contributed by atoms with Gasteiger partial charge in [0.15, 0.2) is 0 Å². The van der Waals surface area contributed by atoms with Crippen LogP contribution in [0.15, 0.2) is 60.5 Å². The van der Waals surface area contributed by atoms with E-state index in [1.165, 1.54) is 13.0 Å². The number of benzene rings is 1. The van der Waals surface area contributed by atoms with Gasteiger partial charge in [-0.3, -0.25) is 4.79 Å². The van der Waals surface area contributed by atoms with Crippen LogP contribution in [0.3, 0.4) is 0 Å². The summed E-state index contributed by atoms with van der Waals surface area (Å²) >= 11 is 0. The largest absolute Gasteiger partial charge is 0.330 e. The molecule has 0 N–H and O–H groups in total. The minimum atomic E-state index is -0.276. The maximum Gasteiger partial charge on any atom is 0.210 e. The SMILES string of the molecule is C=C(C#CCN(C=O)Cc1ccccc1C)/C=C\C=C(/C)F. The van der Waals surface area contributed by atoms with Crippen molar-refractivity contribution in [3.8, 4) is 11.8 Å². The van der Waals surface area contributed by atoms with E-state index in [0.29, 0.717) is 18.7 Å². The molecule has 2 nitrogen and oxygen atoms in total. The molecule has 0 aromatic heterocycles. The smallest absolute Gasteiger partial charge is 0.210 e. The number of aryl methyl sites for hydroxylation is 1. The van der Waals surface area contributed by atoms with E-state index in [-0.39, 0.29) is 5.83 Å². The zero-order valence-corrected chi connectivity index (χ0v) is 13.0. The second kappa shape index (κ2) is 9.36. The van der Waals surface area contributed by atoms with E-state index in [1.54, 1.807) is 17.1 Å². The van der Waals surface area contributed by atoms with Gasteiger partial charge in [0.2, 0.25) is 6.41 Å². The first kappa shape index (κ1) is 17.5. The number of halogens is 1. The minimum absolute atomic E-state index is 0.276. The van der Waals surface area contributed by atoms with Crippen LogP contribution in [-0.4, -0.2) is 17.9 Å². The molecule has 0 atom stereocenters. The third-order valence-electron chi connectivity index (χ3n) is 2.94. The van der Waals surface area contributed by atoms with Crippen molar-refractivity contribution in [3.63, 3.8) is 0 Å². The van der Waals surface area contributed by atoms with Gasteiger partial charge in [0.05, 0.1) is 12.4 Å². The summed E-state index contributed by atoms with van der Waals surface area (Å²) in [5, 5.41) is 0. The number of hydrogen-bond donors (Lipinski definition) is 0. The standard InChI is InChI=1S/C19H20FNO/c1-16(8-6-11-18(3)20)9-7-13-21(15-22)14-19-12-5-4-10-17(19)2/h4-6,8,10-12,15H,1,13-14H2,2-3H3/b8-6-,18-11+. The van der Waals surface area contributed by atoms with Crippen molar-refractivity contribution in [2.75, 3.05) is 6.54 Å². The average Bonchev–Trinajstić information content (AvgIpc) is 2.47. The molecule has 0 bridgehead atoms. The third-order valence-corrected chi connectivity index (χ3v) is 2.94. The summed E-state index contributed by atoms with van der Waals surface area (Å²) in [4.78, 5) is 12.7. The fourth-order valence-electron chi connectivity index (χ4n) is 1.73. The molecule has 0 aliphatic rings. The van der Waals surface area contributed by atoms with Crippen LogP contribution in [0.25, 0.3) is 0 Å². The number of carbonyl (C=O) groups excluding carboxylic acids is 1. The van der Waals surface area contributed by atoms with Crippen molar-refractivity contribution in [2.24, 2.45) is 0 Å². The quantitative estimate of drug-likeness (QED) is 0.442. The Hall–Kier alpha value is -2.60. The Morgan fingerprint density at radius 3 is 2.77 bits per heavy atom. The van der Waals surface area contributed by atoms with Crippen molar-refractivity contribution >= 4 is 6.41 Å². The fraction of sp³-hybridized carbons (Fsp3) is 0.211. The fourth-order valence-corrected chi connectivity index (χ4v) is 1.73. The summed E-state index contributed by atoms with van der Waals surface area (Å²) < 4.78 is 12.5. The first-order valence-corrected chi connectivity index (χ1v) is 6.95. The molecule has 0 saturated carbocycles. The molecule has 0 unspecified atom stereocenters. The predicted molar refractivity (Wildman–Crippen MR) is 88.6 cm³/mol. The number of carbonyl (C=O) groups is 1. The molecule has 0 aliphatic heterocycles. The molecule has 1 rings (SSSR count). The molecule has 22 heavy (non-hydrogen) atoms. The molecule has 0 aliphatic carbocycles. The Labute approximate surface area is 131 Å². The zero-order chi connectivity index (χ0) is 16.4. The molecule has 0 spiro atoms. The van der Waals surface area contributed by atoms with Crippen LogP contribution in [-0.2, 0) is 11.3 Å². The van der Waals surface area contributed by atoms with E-state index >= 15 is 0 Å². The van der Waals surface area contributed by atoms with Gasteiger partial charge in [-0.25, -0.2) is 4.39 Å². The lowest BCUT2D eigenvalue weighted by Crippen LogP contribution is -2.22. The molecule has 0 fully saturated rings. The maximum absolute atomic E-state index is 12.5. The van der Waals surface area contributed by atoms with Crippen LogP contribution in [0.1, 0.15) is 18.1 Å². The molecule has 1 amide bonds. The Balaban J connectivity index is 2.58. The molecule has 3 heteroatoms. The van der Waals surface area contributed by atoms with Crippen LogP contribution in [0, 0.1) is 18.8 Å². The molecule has 0 saturated heterocycles. The molecular weight excluding hydrogens is 277 g/mol. The normalized spacial score (nSPS) is 11.0. The van der Waals surface area contributed by atoms with Gasteiger partial charge in [-0.15, -0.1) is 0 Å². The third kappa shape index (κ3) is 6.71. The highest BCUT2D eigenvalue weighted by molar-refractivity contribution is 5.49. The highest BCUT2D eigenvalue weighted by Gasteiger charge is 2.03. The van der Waals surface area contributed by atoms with E-state index in [4.69, 9.17) is 0 Å². The van der Waals surface area contributed by atoms with Crippen molar-refractivity contribution < 1.29 is 9.18 Å². The van der Waals surface area contributed by atoms with E-state index in [0.717, 1.165) is 17.5 Å². The number of hydrogen-bond acceptors (Lipinski definition) is 1. The molecular formula is C19H20FNO. The van der Waals surface area contributed by atoms with Gasteiger partial charge in [0.1, 0.15) is 0 Å². The van der Waals surface area contributed by atoms with Crippen LogP contribution in [0.4, 0.5) is 4.39 Å². The Bertz CT molecular complexity index is 643. The van der Waals surface area contributed by atoms with Crippen LogP contribution >= 0.6 is 0 Å². The van der Waals surface area contributed by atoms with Gasteiger partial charge in [-0.05, 0) is 37.1 Å². The van der Waals surface area contributed by atoms with Crippen molar-refractivity contribution in [2.45, 2.75) is 20.4 Å². The van der Waals surface area contributed by atoms with E-state index in [1.807, 2.05) is 31.2 Å². The second-order valence-corrected chi connectivity index (χ2v) is 4.88. The van der Waals surface area contributed by atoms with Crippen LogP contribution in [0.2, 0.25) is 0 Å². The van der Waals surface area contributed by atoms with Gasteiger partial charge in [0, 0.05) is 12.1 Å². The van der Waals surface area contributed by atoms with Gasteiger partial charge in [0.25, 0.3) is 0 Å². The first-order chi connectivity index (χ1) is 10.5. The maximum atomic E-state index is 12.5. The molecule has 0 heterocycles. The zero-order valence-electron chi connectivity index (χ0n) is 13.0. The minimum Gasteiger partial charge on any atom is -0.330 e. The Morgan fingerprint density at radius 1 is 1.41 bits per heavy atom. The molecule has 1 aromatic rings. The predicted octanol–water partition coefficient (Wildman–Crippen LogP) is 3.94. The topological polar surface area (TPSA) is 20.3 Å². The second-order valence-electron chi connectivity index (χ2n) is 4.88. The highest BCUT2D eigenvalue weighted by atomic mass is 19.1. The summed E-state index contributed by atoms with van der Waals surface area (Å²) in [6, 6.07) is 7.92. The van der Waals surface area contributed by atoms with Gasteiger partial charge < -0.3 is 4.90 Å². The van der Waals surface area contributed by atoms with Crippen molar-refractivity contribution in [1.82, 2.24) is 4.90 Å². The first-order valence-electron chi connectivity index (χ1n) is 6.95. The highest BCUT2D eigenvalue weighted by Crippen LogP contribution is 2.09. The molecule has 114 valence electrons. The van der Waals surface area contributed by atoms with Crippen LogP contribution < -0.4 is 0 Å². The summed E-state index contributed by atoms with van der Waals surface area (Å²) in [5.41, 5.74) is 2.81. The van der Waals surface area contributed by atoms with Gasteiger partial charge in [-0.1, -0.05) is 48.8 Å². The summed E-state index contributed by atoms with van der Waals surface area (Å²) in [5.74, 6) is 5.46. The Kier molecular flexibility index (Phi) is 7.42. The van der Waals surface area contributed by atoms with Crippen LogP contribution in [0.5, 0.6) is 0 Å². The van der Waals surface area contributed by atoms with Crippen molar-refractivity contribution in [3.05, 3.63) is 71.6 Å².